The summed E-state index contributed by atoms with van der Waals surface area (Å²) in [5, 5.41) is 0.823. The van der Waals surface area contributed by atoms with Crippen molar-refractivity contribution in [1.29, 1.82) is 0 Å². The second kappa shape index (κ2) is 7.45. The molecule has 0 bridgehead atoms. The molecule has 1 aromatic rings. The van der Waals surface area contributed by atoms with E-state index < -0.39 is 16.1 Å². The molecular formula is C11H11NaO4S. The number of rotatable bonds is 4. The Morgan fingerprint density at radius 1 is 1.24 bits per heavy atom. The van der Waals surface area contributed by atoms with Gasteiger partial charge >= 0.3 is 45.6 Å². The molecule has 6 heteroatoms. The fourth-order valence-electron chi connectivity index (χ4n) is 0.902. The van der Waals surface area contributed by atoms with Gasteiger partial charge in [0.05, 0.1) is 5.41 Å². The van der Waals surface area contributed by atoms with Gasteiger partial charge in [0.25, 0.3) is 0 Å². The van der Waals surface area contributed by atoms with Crippen LogP contribution in [0.4, 0.5) is 0 Å². The van der Waals surface area contributed by atoms with E-state index in [1.54, 1.807) is 24.3 Å². The Labute approximate surface area is 122 Å². The molecule has 0 aliphatic carbocycles. The third kappa shape index (κ3) is 6.43. The van der Waals surface area contributed by atoms with E-state index >= 15 is 0 Å². The third-order valence-corrected chi connectivity index (χ3v) is 2.46. The molecule has 4 nitrogen and oxygen atoms in total. The van der Waals surface area contributed by atoms with E-state index in [2.05, 4.69) is 10.8 Å². The van der Waals surface area contributed by atoms with Crippen molar-refractivity contribution in [2.24, 2.45) is 0 Å². The predicted octanol–water partition coefficient (Wildman–Crippen LogP) is 1.07. The summed E-state index contributed by atoms with van der Waals surface area (Å²) in [6.07, 6.45) is 2.12. The van der Waals surface area contributed by atoms with Crippen LogP contribution in [0.5, 0.6) is 0 Å². The van der Waals surface area contributed by atoms with Gasteiger partial charge in [-0.2, -0.15) is 8.42 Å². The molecule has 0 fully saturated rings. The fourth-order valence-corrected chi connectivity index (χ4v) is 1.58. The first-order valence-electron chi connectivity index (χ1n) is 4.37. The normalized spacial score (nSPS) is 10.6. The van der Waals surface area contributed by atoms with Crippen molar-refractivity contribution in [1.82, 2.24) is 0 Å². The first kappa shape index (κ1) is 16.1. The summed E-state index contributed by atoms with van der Waals surface area (Å²) in [5.41, 5.74) is 0.695. The molecule has 0 unspecified atom stereocenters. The van der Waals surface area contributed by atoms with Gasteiger partial charge in [0.1, 0.15) is 0 Å². The van der Waals surface area contributed by atoms with E-state index in [0.29, 0.717) is 5.56 Å². The van der Waals surface area contributed by atoms with Crippen LogP contribution in [0, 0.1) is 0 Å². The number of hydrogen-bond acceptors (Lipinski definition) is 4. The average Bonchev–Trinajstić information content (AvgIpc) is 2.27. The molecule has 1 rings (SSSR count). The molecule has 86 valence electrons. The Bertz CT molecular complexity index is 506. The average molecular weight is 262 g/mol. The van der Waals surface area contributed by atoms with E-state index in [0.717, 1.165) is 11.5 Å². The van der Waals surface area contributed by atoms with Crippen molar-refractivity contribution < 1.29 is 17.4 Å². The summed E-state index contributed by atoms with van der Waals surface area (Å²) in [4.78, 5) is 10.7. The quantitative estimate of drug-likeness (QED) is 0.462. The molecular weight excluding hydrogens is 251 g/mol. The summed E-state index contributed by atoms with van der Waals surface area (Å²) >= 11 is 0. The van der Waals surface area contributed by atoms with Crippen molar-refractivity contribution in [3.8, 4) is 0 Å². The Morgan fingerprint density at radius 3 is 2.35 bits per heavy atom. The number of carbonyl (C=O) groups excluding carboxylic acids is 1. The van der Waals surface area contributed by atoms with E-state index in [9.17, 15) is 13.2 Å². The van der Waals surface area contributed by atoms with Gasteiger partial charge in [-0.05, 0) is 11.6 Å². The maximum absolute atomic E-state index is 11.2. The molecule has 17 heavy (non-hydrogen) atoms. The molecule has 0 atom stereocenters. The number of benzene rings is 1. The topological polar surface area (TPSA) is 60.4 Å². The Kier molecular flexibility index (Phi) is 7.06. The molecule has 0 aromatic heterocycles. The fraction of sp³-hybridized carbons (Fsp3) is 0. The summed E-state index contributed by atoms with van der Waals surface area (Å²) in [7, 11) is -3.99. The second-order valence-corrected chi connectivity index (χ2v) is 4.24. The molecule has 0 saturated heterocycles. The van der Waals surface area contributed by atoms with E-state index in [1.807, 2.05) is 6.07 Å². The van der Waals surface area contributed by atoms with Crippen molar-refractivity contribution >= 4 is 51.7 Å². The van der Waals surface area contributed by atoms with Crippen LogP contribution in [0.25, 0.3) is 6.08 Å². The summed E-state index contributed by atoms with van der Waals surface area (Å²) in [6, 6.07) is 8.79. The van der Waals surface area contributed by atoms with E-state index in [4.69, 9.17) is 0 Å². The molecule has 0 N–H and O–H groups in total. The molecule has 0 saturated carbocycles. The number of carbonyl (C=O) groups is 1. The van der Waals surface area contributed by atoms with Crippen LogP contribution in [0.15, 0.2) is 48.4 Å². The van der Waals surface area contributed by atoms with Crippen molar-refractivity contribution in [2.45, 2.75) is 0 Å². The minimum atomic E-state index is -3.99. The third-order valence-electron chi connectivity index (χ3n) is 1.59. The molecule has 0 aliphatic heterocycles. The molecule has 0 heterocycles. The maximum atomic E-state index is 11.2. The van der Waals surface area contributed by atoms with Gasteiger partial charge in [0, 0.05) is 6.08 Å². The number of hydrogen-bond donors (Lipinski definition) is 0. The van der Waals surface area contributed by atoms with Crippen molar-refractivity contribution in [3.05, 3.63) is 54.0 Å². The first-order valence-corrected chi connectivity index (χ1v) is 5.84. The Balaban J connectivity index is 0.00000256. The predicted molar refractivity (Wildman–Crippen MR) is 67.8 cm³/mol. The monoisotopic (exact) mass is 262 g/mol. The molecule has 1 aromatic carbocycles. The molecule has 0 spiro atoms. The molecule has 0 aliphatic rings. The second-order valence-electron chi connectivity index (χ2n) is 2.81. The zero-order valence-corrected chi connectivity index (χ0v) is 9.18. The van der Waals surface area contributed by atoms with Crippen molar-refractivity contribution in [2.75, 3.05) is 0 Å². The standard InChI is InChI=1S/C11H10O4S.Na.H/c1-2-11(12)15-16(13,14)9-8-10-6-4-3-5-7-10;;/h2-9H,1H2;;. The van der Waals surface area contributed by atoms with Crippen LogP contribution < -0.4 is 0 Å². The van der Waals surface area contributed by atoms with Crippen LogP contribution in [-0.2, 0) is 19.1 Å². The minimum absolute atomic E-state index is 0. The van der Waals surface area contributed by atoms with Gasteiger partial charge in [-0.15, -0.1) is 0 Å². The van der Waals surface area contributed by atoms with Gasteiger partial charge in [-0.25, -0.2) is 4.79 Å². The summed E-state index contributed by atoms with van der Waals surface area (Å²) < 4.78 is 26.5. The van der Waals surface area contributed by atoms with E-state index in [1.165, 1.54) is 6.08 Å². The Hall–Kier alpha value is -0.880. The van der Waals surface area contributed by atoms with Gasteiger partial charge in [-0.3, -0.25) is 0 Å². The summed E-state index contributed by atoms with van der Waals surface area (Å²) in [6.45, 7) is 3.10. The molecule has 0 amide bonds. The van der Waals surface area contributed by atoms with Crippen molar-refractivity contribution in [3.63, 3.8) is 0 Å². The zero-order valence-electron chi connectivity index (χ0n) is 8.37. The van der Waals surface area contributed by atoms with Crippen LogP contribution >= 0.6 is 0 Å². The van der Waals surface area contributed by atoms with Gasteiger partial charge in [-0.1, -0.05) is 36.9 Å². The van der Waals surface area contributed by atoms with Crippen LogP contribution in [-0.4, -0.2) is 43.9 Å². The Morgan fingerprint density at radius 2 is 1.82 bits per heavy atom. The molecule has 0 radical (unpaired) electrons. The first-order chi connectivity index (χ1) is 7.53. The zero-order chi connectivity index (χ0) is 12.0. The van der Waals surface area contributed by atoms with Gasteiger partial charge in [0.2, 0.25) is 0 Å². The van der Waals surface area contributed by atoms with Crippen LogP contribution in [0.1, 0.15) is 5.56 Å². The van der Waals surface area contributed by atoms with E-state index in [-0.39, 0.29) is 29.6 Å². The van der Waals surface area contributed by atoms with Gasteiger partial charge < -0.3 is 4.18 Å². The van der Waals surface area contributed by atoms with Crippen LogP contribution in [0.2, 0.25) is 0 Å². The van der Waals surface area contributed by atoms with Crippen LogP contribution in [0.3, 0.4) is 0 Å². The SMILES string of the molecule is C=CC(=O)OS(=O)(=O)C=Cc1ccccc1.[NaH]. The summed E-state index contributed by atoms with van der Waals surface area (Å²) in [5.74, 6) is -1.00. The van der Waals surface area contributed by atoms with Gasteiger partial charge in [0.15, 0.2) is 0 Å².